The lowest BCUT2D eigenvalue weighted by atomic mass is 9.96. The van der Waals surface area contributed by atoms with Crippen molar-refractivity contribution in [2.45, 2.75) is 26.4 Å². The Morgan fingerprint density at radius 3 is 2.47 bits per heavy atom. The molecule has 0 bridgehead atoms. The predicted octanol–water partition coefficient (Wildman–Crippen LogP) is 2.74. The molecular weight excluding hydrogens is 195 g/mol. The van der Waals surface area contributed by atoms with Gasteiger partial charge in [-0.3, -0.25) is 4.79 Å². The molecule has 1 rings (SSSR count). The van der Waals surface area contributed by atoms with E-state index in [4.69, 9.17) is 4.74 Å². The van der Waals surface area contributed by atoms with Crippen molar-refractivity contribution in [1.29, 1.82) is 0 Å². The maximum atomic E-state index is 13.2. The molecule has 0 radical (unpaired) electrons. The summed E-state index contributed by atoms with van der Waals surface area (Å²) in [4.78, 5) is 11.9. The number of rotatable bonds is 3. The van der Waals surface area contributed by atoms with Gasteiger partial charge in [-0.25, -0.2) is 4.39 Å². The number of ketones is 1. The van der Waals surface area contributed by atoms with E-state index in [9.17, 15) is 9.18 Å². The molecule has 0 aliphatic carbocycles. The molecule has 0 spiro atoms. The molecule has 0 N–H and O–H groups in total. The molecule has 0 saturated carbocycles. The van der Waals surface area contributed by atoms with Crippen LogP contribution < -0.4 is 0 Å². The topological polar surface area (TPSA) is 26.3 Å². The molecule has 0 aliphatic heterocycles. The van der Waals surface area contributed by atoms with Gasteiger partial charge in [-0.05, 0) is 32.4 Å². The van der Waals surface area contributed by atoms with E-state index in [2.05, 4.69) is 0 Å². The van der Waals surface area contributed by atoms with Crippen LogP contribution in [-0.4, -0.2) is 18.5 Å². The summed E-state index contributed by atoms with van der Waals surface area (Å²) in [5.41, 5.74) is -0.0476. The van der Waals surface area contributed by atoms with Crippen LogP contribution >= 0.6 is 0 Å². The highest BCUT2D eigenvalue weighted by Crippen LogP contribution is 2.18. The molecule has 0 heterocycles. The molecule has 0 atom stereocenters. The van der Waals surface area contributed by atoms with Crippen molar-refractivity contribution in [3.05, 3.63) is 35.1 Å². The Kier molecular flexibility index (Phi) is 3.25. The molecule has 1 aromatic rings. The summed E-state index contributed by atoms with van der Waals surface area (Å²) in [5, 5.41) is 0. The Morgan fingerprint density at radius 2 is 2.00 bits per heavy atom. The van der Waals surface area contributed by atoms with Crippen LogP contribution in [-0.2, 0) is 4.74 Å². The van der Waals surface area contributed by atoms with E-state index in [0.717, 1.165) is 0 Å². The fraction of sp³-hybridized carbons (Fsp3) is 0.417. The van der Waals surface area contributed by atoms with Crippen molar-refractivity contribution >= 4 is 5.78 Å². The summed E-state index contributed by atoms with van der Waals surface area (Å²) in [6.45, 7) is 4.98. The van der Waals surface area contributed by atoms with E-state index >= 15 is 0 Å². The minimum Gasteiger partial charge on any atom is -0.371 e. The molecule has 0 aliphatic rings. The van der Waals surface area contributed by atoms with Crippen molar-refractivity contribution in [3.8, 4) is 0 Å². The predicted molar refractivity (Wildman–Crippen MR) is 56.6 cm³/mol. The number of ether oxygens (including phenoxy) is 1. The number of carbonyl (C=O) groups excluding carboxylic acids is 1. The van der Waals surface area contributed by atoms with E-state index in [1.54, 1.807) is 32.9 Å². The zero-order valence-corrected chi connectivity index (χ0v) is 9.43. The monoisotopic (exact) mass is 210 g/mol. The molecule has 15 heavy (non-hydrogen) atoms. The van der Waals surface area contributed by atoms with Crippen molar-refractivity contribution in [3.63, 3.8) is 0 Å². The second-order valence-electron chi connectivity index (χ2n) is 4.01. The van der Waals surface area contributed by atoms with E-state index in [-0.39, 0.29) is 11.6 Å². The van der Waals surface area contributed by atoms with E-state index in [1.165, 1.54) is 13.2 Å². The number of Topliss-reactive ketones (excluding diaryl/α,β-unsaturated/α-hetero) is 1. The minimum absolute atomic E-state index is 0.219. The van der Waals surface area contributed by atoms with Gasteiger partial charge in [0.2, 0.25) is 0 Å². The quantitative estimate of drug-likeness (QED) is 0.717. The Hall–Kier alpha value is -1.22. The molecule has 0 unspecified atom stereocenters. The van der Waals surface area contributed by atoms with Crippen molar-refractivity contribution in [2.75, 3.05) is 7.11 Å². The van der Waals surface area contributed by atoms with E-state index < -0.39 is 5.60 Å². The first kappa shape index (κ1) is 11.9. The third kappa shape index (κ3) is 2.42. The summed E-state index contributed by atoms with van der Waals surface area (Å²) in [6.07, 6.45) is 0. The molecule has 82 valence electrons. The van der Waals surface area contributed by atoms with Crippen molar-refractivity contribution < 1.29 is 13.9 Å². The number of benzene rings is 1. The van der Waals surface area contributed by atoms with Gasteiger partial charge >= 0.3 is 0 Å². The third-order valence-corrected chi connectivity index (χ3v) is 2.49. The highest BCUT2D eigenvalue weighted by molar-refractivity contribution is 6.02. The lowest BCUT2D eigenvalue weighted by Crippen LogP contribution is -2.33. The highest BCUT2D eigenvalue weighted by Gasteiger charge is 2.28. The Bertz CT molecular complexity index is 383. The summed E-state index contributed by atoms with van der Waals surface area (Å²) in [7, 11) is 1.46. The second-order valence-corrected chi connectivity index (χ2v) is 4.01. The average Bonchev–Trinajstić information content (AvgIpc) is 2.21. The SMILES string of the molecule is COC(C)(C)C(=O)c1ccc(C)c(F)c1. The molecule has 2 nitrogen and oxygen atoms in total. The molecule has 0 amide bonds. The van der Waals surface area contributed by atoms with Crippen LogP contribution in [0.3, 0.4) is 0 Å². The summed E-state index contributed by atoms with van der Waals surface area (Å²) >= 11 is 0. The average molecular weight is 210 g/mol. The van der Waals surface area contributed by atoms with Gasteiger partial charge in [-0.1, -0.05) is 12.1 Å². The number of hydrogen-bond acceptors (Lipinski definition) is 2. The summed E-state index contributed by atoms with van der Waals surface area (Å²) < 4.78 is 18.3. The highest BCUT2D eigenvalue weighted by atomic mass is 19.1. The zero-order valence-electron chi connectivity index (χ0n) is 9.43. The molecule has 0 aromatic heterocycles. The number of carbonyl (C=O) groups is 1. The van der Waals surface area contributed by atoms with Crippen molar-refractivity contribution in [1.82, 2.24) is 0 Å². The van der Waals surface area contributed by atoms with Gasteiger partial charge in [0, 0.05) is 12.7 Å². The van der Waals surface area contributed by atoms with Crippen LogP contribution in [0.1, 0.15) is 29.8 Å². The Balaban J connectivity index is 3.08. The fourth-order valence-electron chi connectivity index (χ4n) is 1.17. The summed E-state index contributed by atoms with van der Waals surface area (Å²) in [5.74, 6) is -0.586. The maximum Gasteiger partial charge on any atom is 0.194 e. The van der Waals surface area contributed by atoms with Crippen LogP contribution in [0.15, 0.2) is 18.2 Å². The molecule has 3 heteroatoms. The van der Waals surface area contributed by atoms with E-state index in [0.29, 0.717) is 11.1 Å². The zero-order chi connectivity index (χ0) is 11.6. The molecular formula is C12H15FO2. The number of hydrogen-bond donors (Lipinski definition) is 0. The Morgan fingerprint density at radius 1 is 1.40 bits per heavy atom. The normalized spacial score (nSPS) is 11.5. The number of halogens is 1. The maximum absolute atomic E-state index is 13.2. The van der Waals surface area contributed by atoms with Gasteiger partial charge in [0.25, 0.3) is 0 Å². The van der Waals surface area contributed by atoms with Crippen LogP contribution in [0.5, 0.6) is 0 Å². The Labute approximate surface area is 89.1 Å². The number of aryl methyl sites for hydroxylation is 1. The van der Waals surface area contributed by atoms with Gasteiger partial charge in [0.1, 0.15) is 11.4 Å². The van der Waals surface area contributed by atoms with Crippen LogP contribution in [0.4, 0.5) is 4.39 Å². The minimum atomic E-state index is -0.915. The van der Waals surface area contributed by atoms with Gasteiger partial charge in [0.15, 0.2) is 5.78 Å². The van der Waals surface area contributed by atoms with Crippen LogP contribution in [0, 0.1) is 12.7 Å². The van der Waals surface area contributed by atoms with Gasteiger partial charge in [-0.2, -0.15) is 0 Å². The van der Waals surface area contributed by atoms with Gasteiger partial charge < -0.3 is 4.74 Å². The molecule has 0 saturated heterocycles. The van der Waals surface area contributed by atoms with Crippen LogP contribution in [0.2, 0.25) is 0 Å². The lowest BCUT2D eigenvalue weighted by Gasteiger charge is -2.21. The first-order valence-electron chi connectivity index (χ1n) is 4.74. The van der Waals surface area contributed by atoms with Gasteiger partial charge in [-0.15, -0.1) is 0 Å². The van der Waals surface area contributed by atoms with Gasteiger partial charge in [0.05, 0.1) is 0 Å². The lowest BCUT2D eigenvalue weighted by molar-refractivity contribution is 0.0228. The van der Waals surface area contributed by atoms with Crippen molar-refractivity contribution in [2.24, 2.45) is 0 Å². The first-order valence-corrected chi connectivity index (χ1v) is 4.74. The number of methoxy groups -OCH3 is 1. The molecule has 1 aromatic carbocycles. The first-order chi connectivity index (χ1) is 6.88. The van der Waals surface area contributed by atoms with Crippen LogP contribution in [0.25, 0.3) is 0 Å². The van der Waals surface area contributed by atoms with E-state index in [1.807, 2.05) is 0 Å². The fourth-order valence-corrected chi connectivity index (χ4v) is 1.17. The smallest absolute Gasteiger partial charge is 0.194 e. The third-order valence-electron chi connectivity index (χ3n) is 2.49. The summed E-state index contributed by atoms with van der Waals surface area (Å²) in [6, 6.07) is 4.45. The second kappa shape index (κ2) is 4.11. The standard InChI is InChI=1S/C12H15FO2/c1-8-5-6-9(7-10(8)13)11(14)12(2,3)15-4/h5-7H,1-4H3. The molecule has 0 fully saturated rings. The largest absolute Gasteiger partial charge is 0.371 e.